The van der Waals surface area contributed by atoms with Crippen molar-refractivity contribution >= 4 is 51.5 Å². The number of thioether (sulfide) groups is 1. The fourth-order valence-corrected chi connectivity index (χ4v) is 4.88. The minimum absolute atomic E-state index is 0.00664. The van der Waals surface area contributed by atoms with Gasteiger partial charge in [-0.2, -0.15) is 0 Å². The highest BCUT2D eigenvalue weighted by atomic mass is 32.2. The van der Waals surface area contributed by atoms with Crippen LogP contribution in [0.2, 0.25) is 0 Å². The largest absolute Gasteiger partial charge is 0.497 e. The quantitative estimate of drug-likeness (QED) is 0.475. The van der Waals surface area contributed by atoms with E-state index in [1.807, 2.05) is 38.1 Å². The number of aromatic nitrogens is 2. The van der Waals surface area contributed by atoms with E-state index < -0.39 is 5.92 Å². The zero-order chi connectivity index (χ0) is 19.8. The van der Waals surface area contributed by atoms with E-state index in [0.717, 1.165) is 28.5 Å². The Hall–Kier alpha value is -2.45. The number of methoxy groups -OCH3 is 1. The standard InChI is InChI=1S/C20H18N2O4S2/c1-10(2)17-18(23)15(27-19(17)24)9-12-5-7-16(26-12)28-20-21-13-6-4-11(25-3)8-14(13)22-20/h4-10,17H,1-3H3,(H,21,22)/b15-9-. The third kappa shape index (κ3) is 3.62. The summed E-state index contributed by atoms with van der Waals surface area (Å²) in [5.41, 5.74) is 1.71. The van der Waals surface area contributed by atoms with E-state index in [1.165, 1.54) is 11.8 Å². The van der Waals surface area contributed by atoms with Gasteiger partial charge >= 0.3 is 0 Å². The minimum Gasteiger partial charge on any atom is -0.497 e. The van der Waals surface area contributed by atoms with Gasteiger partial charge in [-0.1, -0.05) is 13.8 Å². The highest BCUT2D eigenvalue weighted by molar-refractivity contribution is 8.18. The molecule has 1 aromatic carbocycles. The molecule has 0 radical (unpaired) electrons. The molecular weight excluding hydrogens is 396 g/mol. The zero-order valence-corrected chi connectivity index (χ0v) is 17.1. The number of Topliss-reactive ketones (excluding diaryl/α,β-unsaturated/α-hetero) is 1. The summed E-state index contributed by atoms with van der Waals surface area (Å²) in [5, 5.41) is 1.24. The summed E-state index contributed by atoms with van der Waals surface area (Å²) in [4.78, 5) is 32.7. The van der Waals surface area contributed by atoms with E-state index in [-0.39, 0.29) is 16.8 Å². The molecule has 4 rings (SSSR count). The molecule has 0 amide bonds. The number of carbonyl (C=O) groups is 2. The first-order chi connectivity index (χ1) is 13.4. The number of imidazole rings is 1. The number of H-pyrrole nitrogens is 1. The third-order valence-electron chi connectivity index (χ3n) is 4.40. The van der Waals surface area contributed by atoms with Crippen molar-refractivity contribution in [2.24, 2.45) is 11.8 Å². The van der Waals surface area contributed by atoms with E-state index in [0.29, 0.717) is 20.9 Å². The number of benzene rings is 1. The van der Waals surface area contributed by atoms with Gasteiger partial charge in [0.25, 0.3) is 0 Å². The summed E-state index contributed by atoms with van der Waals surface area (Å²) in [6.45, 7) is 3.77. The van der Waals surface area contributed by atoms with Crippen LogP contribution < -0.4 is 4.74 Å². The number of furan rings is 1. The first-order valence-electron chi connectivity index (χ1n) is 8.73. The summed E-state index contributed by atoms with van der Waals surface area (Å²) in [5.74, 6) is 0.600. The van der Waals surface area contributed by atoms with Crippen LogP contribution in [0, 0.1) is 11.8 Å². The van der Waals surface area contributed by atoms with E-state index in [4.69, 9.17) is 9.15 Å². The molecule has 1 unspecified atom stereocenters. The number of carbonyl (C=O) groups excluding carboxylic acids is 2. The van der Waals surface area contributed by atoms with Crippen LogP contribution in [0.15, 0.2) is 49.9 Å². The van der Waals surface area contributed by atoms with Crippen LogP contribution in [-0.2, 0) is 9.59 Å². The first-order valence-corrected chi connectivity index (χ1v) is 10.4. The SMILES string of the molecule is COc1ccc2nc(Sc3ccc(/C=C4\SC(=O)C(C(C)C)C4=O)o3)[nH]c2c1. The molecule has 8 heteroatoms. The number of rotatable bonds is 5. The van der Waals surface area contributed by atoms with Gasteiger partial charge in [0, 0.05) is 6.07 Å². The number of hydrogen-bond donors (Lipinski definition) is 1. The van der Waals surface area contributed by atoms with E-state index in [1.54, 1.807) is 19.3 Å². The minimum atomic E-state index is -0.562. The lowest BCUT2D eigenvalue weighted by atomic mass is 9.93. The van der Waals surface area contributed by atoms with Crippen molar-refractivity contribution in [3.63, 3.8) is 0 Å². The molecule has 1 atom stereocenters. The average molecular weight is 415 g/mol. The molecule has 3 aromatic rings. The lowest BCUT2D eigenvalue weighted by Crippen LogP contribution is -2.20. The van der Waals surface area contributed by atoms with Crippen molar-refractivity contribution < 1.29 is 18.7 Å². The van der Waals surface area contributed by atoms with Gasteiger partial charge in [-0.05, 0) is 59.8 Å². The molecule has 144 valence electrons. The van der Waals surface area contributed by atoms with Crippen molar-refractivity contribution in [3.05, 3.63) is 41.0 Å². The summed E-state index contributed by atoms with van der Waals surface area (Å²) in [7, 11) is 1.62. The van der Waals surface area contributed by atoms with Gasteiger partial charge in [-0.3, -0.25) is 9.59 Å². The molecule has 1 aliphatic heterocycles. The highest BCUT2D eigenvalue weighted by Crippen LogP contribution is 2.39. The second kappa shape index (κ2) is 7.52. The number of hydrogen-bond acceptors (Lipinski definition) is 7. The molecule has 1 saturated heterocycles. The molecule has 1 N–H and O–H groups in total. The number of ether oxygens (including phenoxy) is 1. The molecule has 6 nitrogen and oxygen atoms in total. The molecule has 1 aliphatic rings. The van der Waals surface area contributed by atoms with E-state index >= 15 is 0 Å². The molecule has 2 aromatic heterocycles. The van der Waals surface area contributed by atoms with Crippen molar-refractivity contribution in [2.45, 2.75) is 24.1 Å². The normalized spacial score (nSPS) is 18.7. The molecule has 0 spiro atoms. The van der Waals surface area contributed by atoms with E-state index in [2.05, 4.69) is 9.97 Å². The number of aromatic amines is 1. The lowest BCUT2D eigenvalue weighted by molar-refractivity contribution is -0.125. The van der Waals surface area contributed by atoms with Crippen molar-refractivity contribution in [2.75, 3.05) is 7.11 Å². The summed E-state index contributed by atoms with van der Waals surface area (Å²) in [6, 6.07) is 9.22. The first kappa shape index (κ1) is 18.9. The van der Waals surface area contributed by atoms with Gasteiger partial charge in [0.1, 0.15) is 11.5 Å². The Labute approximate surface area is 170 Å². The van der Waals surface area contributed by atoms with Crippen LogP contribution in [0.1, 0.15) is 19.6 Å². The van der Waals surface area contributed by atoms with Crippen molar-refractivity contribution in [1.82, 2.24) is 9.97 Å². The van der Waals surface area contributed by atoms with Crippen molar-refractivity contribution in [1.29, 1.82) is 0 Å². The number of fused-ring (bicyclic) bond motifs is 1. The summed E-state index contributed by atoms with van der Waals surface area (Å²) >= 11 is 2.35. The fraction of sp³-hybridized carbons (Fsp3) is 0.250. The van der Waals surface area contributed by atoms with Crippen LogP contribution in [0.4, 0.5) is 0 Å². The highest BCUT2D eigenvalue weighted by Gasteiger charge is 2.40. The van der Waals surface area contributed by atoms with Crippen LogP contribution >= 0.6 is 23.5 Å². The van der Waals surface area contributed by atoms with Crippen molar-refractivity contribution in [3.8, 4) is 5.75 Å². The van der Waals surface area contributed by atoms with Crippen LogP contribution in [0.5, 0.6) is 5.75 Å². The Morgan fingerprint density at radius 3 is 2.82 bits per heavy atom. The average Bonchev–Trinajstić information content (AvgIpc) is 3.32. The van der Waals surface area contributed by atoms with Gasteiger partial charge in [-0.25, -0.2) is 4.98 Å². The van der Waals surface area contributed by atoms with E-state index in [9.17, 15) is 9.59 Å². The maximum absolute atomic E-state index is 12.4. The number of nitrogens with zero attached hydrogens (tertiary/aromatic N) is 1. The number of ketones is 1. The fourth-order valence-electron chi connectivity index (χ4n) is 2.99. The second-order valence-electron chi connectivity index (χ2n) is 6.70. The molecule has 0 aliphatic carbocycles. The summed E-state index contributed by atoms with van der Waals surface area (Å²) in [6.07, 6.45) is 1.64. The monoisotopic (exact) mass is 414 g/mol. The Balaban J connectivity index is 1.52. The maximum atomic E-state index is 12.4. The van der Waals surface area contributed by atoms with Gasteiger partial charge in [-0.15, -0.1) is 0 Å². The van der Waals surface area contributed by atoms with Gasteiger partial charge in [0.2, 0.25) is 5.12 Å². The second-order valence-corrected chi connectivity index (χ2v) is 8.74. The van der Waals surface area contributed by atoms with Crippen LogP contribution in [0.25, 0.3) is 17.1 Å². The Bertz CT molecular complexity index is 1100. The Morgan fingerprint density at radius 1 is 1.29 bits per heavy atom. The third-order valence-corrected chi connectivity index (χ3v) is 6.20. The van der Waals surface area contributed by atoms with Gasteiger partial charge < -0.3 is 14.1 Å². The van der Waals surface area contributed by atoms with Gasteiger partial charge in [0.05, 0.1) is 29.0 Å². The molecule has 28 heavy (non-hydrogen) atoms. The smallest absolute Gasteiger partial charge is 0.204 e. The van der Waals surface area contributed by atoms with Gasteiger partial charge in [0.15, 0.2) is 16.0 Å². The van der Waals surface area contributed by atoms with Crippen LogP contribution in [-0.4, -0.2) is 28.0 Å². The molecule has 0 bridgehead atoms. The number of allylic oxidation sites excluding steroid dienone is 1. The molecule has 0 saturated carbocycles. The maximum Gasteiger partial charge on any atom is 0.204 e. The lowest BCUT2D eigenvalue weighted by Gasteiger charge is -2.07. The zero-order valence-electron chi connectivity index (χ0n) is 15.5. The predicted molar refractivity (Wildman–Crippen MR) is 109 cm³/mol. The number of nitrogens with one attached hydrogen (secondary N) is 1. The topological polar surface area (TPSA) is 85.2 Å². The predicted octanol–water partition coefficient (Wildman–Crippen LogP) is 4.77. The molecule has 1 fully saturated rings. The Kier molecular flexibility index (Phi) is 5.07. The van der Waals surface area contributed by atoms with Crippen LogP contribution in [0.3, 0.4) is 0 Å². The molecular formula is C20H18N2O4S2. The Morgan fingerprint density at radius 2 is 2.11 bits per heavy atom. The molecule has 3 heterocycles. The summed E-state index contributed by atoms with van der Waals surface area (Å²) < 4.78 is 11.0.